The lowest BCUT2D eigenvalue weighted by Gasteiger charge is -2.06. The molecule has 0 aromatic heterocycles. The number of hydrogen-bond donors (Lipinski definition) is 2. The van der Waals surface area contributed by atoms with Gasteiger partial charge in [-0.3, -0.25) is 9.59 Å². The first-order valence-corrected chi connectivity index (χ1v) is 7.50. The summed E-state index contributed by atoms with van der Waals surface area (Å²) in [6.45, 7) is -0.189. The van der Waals surface area contributed by atoms with Gasteiger partial charge < -0.3 is 14.8 Å². The van der Waals surface area contributed by atoms with Crippen molar-refractivity contribution < 1.29 is 19.1 Å². The van der Waals surface area contributed by atoms with Gasteiger partial charge in [0.2, 0.25) is 0 Å². The number of hydrazone groups is 1. The minimum Gasteiger partial charge on any atom is -0.497 e. The Morgan fingerprint density at radius 3 is 2.44 bits per heavy atom. The Kier molecular flexibility index (Phi) is 6.53. The minimum absolute atomic E-state index is 0.189. The van der Waals surface area contributed by atoms with E-state index in [0.29, 0.717) is 17.1 Å². The van der Waals surface area contributed by atoms with Crippen LogP contribution in [0.1, 0.15) is 15.9 Å². The van der Waals surface area contributed by atoms with E-state index in [4.69, 9.17) is 9.47 Å². The summed E-state index contributed by atoms with van der Waals surface area (Å²) in [5, 5.41) is 6.36. The molecule has 2 aromatic rings. The van der Waals surface area contributed by atoms with Crippen LogP contribution in [0.5, 0.6) is 11.5 Å². The van der Waals surface area contributed by atoms with E-state index < -0.39 is 5.91 Å². The second kappa shape index (κ2) is 9.07. The largest absolute Gasteiger partial charge is 0.497 e. The smallest absolute Gasteiger partial charge is 0.259 e. The van der Waals surface area contributed by atoms with Crippen molar-refractivity contribution in [1.82, 2.24) is 10.7 Å². The van der Waals surface area contributed by atoms with Crippen molar-refractivity contribution in [2.75, 3.05) is 20.8 Å². The fraction of sp³-hybridized carbons (Fsp3) is 0.167. The van der Waals surface area contributed by atoms with Crippen LogP contribution in [0, 0.1) is 0 Å². The SMILES string of the molecule is COc1cccc(/C=N\NC(=O)CNC(=O)c2cccc(OC)c2)c1. The van der Waals surface area contributed by atoms with Crippen molar-refractivity contribution in [3.8, 4) is 11.5 Å². The van der Waals surface area contributed by atoms with Gasteiger partial charge in [-0.05, 0) is 35.9 Å². The first-order valence-electron chi connectivity index (χ1n) is 7.50. The predicted molar refractivity (Wildman–Crippen MR) is 94.1 cm³/mol. The maximum atomic E-state index is 12.0. The average Bonchev–Trinajstić information content (AvgIpc) is 2.66. The molecule has 2 aromatic carbocycles. The van der Waals surface area contributed by atoms with Gasteiger partial charge in [0.15, 0.2) is 0 Å². The van der Waals surface area contributed by atoms with Crippen LogP contribution >= 0.6 is 0 Å². The van der Waals surface area contributed by atoms with Crippen LogP contribution < -0.4 is 20.2 Å². The van der Waals surface area contributed by atoms with Gasteiger partial charge in [0.25, 0.3) is 11.8 Å². The molecule has 0 radical (unpaired) electrons. The molecule has 0 heterocycles. The zero-order valence-corrected chi connectivity index (χ0v) is 14.0. The van der Waals surface area contributed by atoms with E-state index in [1.807, 2.05) is 18.2 Å². The maximum absolute atomic E-state index is 12.0. The fourth-order valence-corrected chi connectivity index (χ4v) is 1.97. The molecule has 0 aliphatic carbocycles. The summed E-state index contributed by atoms with van der Waals surface area (Å²) in [5.74, 6) is 0.460. The lowest BCUT2D eigenvalue weighted by molar-refractivity contribution is -0.120. The van der Waals surface area contributed by atoms with Crippen molar-refractivity contribution in [3.63, 3.8) is 0 Å². The molecular formula is C18H19N3O4. The van der Waals surface area contributed by atoms with Crippen LogP contribution in [0.15, 0.2) is 53.6 Å². The molecule has 25 heavy (non-hydrogen) atoms. The highest BCUT2D eigenvalue weighted by atomic mass is 16.5. The normalized spacial score (nSPS) is 10.3. The topological polar surface area (TPSA) is 89.0 Å². The maximum Gasteiger partial charge on any atom is 0.259 e. The van der Waals surface area contributed by atoms with Crippen LogP contribution in [-0.4, -0.2) is 38.8 Å². The van der Waals surface area contributed by atoms with Crippen LogP contribution in [0.25, 0.3) is 0 Å². The number of hydrogen-bond acceptors (Lipinski definition) is 5. The van der Waals surface area contributed by atoms with Gasteiger partial charge in [0, 0.05) is 5.56 Å². The zero-order valence-electron chi connectivity index (χ0n) is 14.0. The summed E-state index contributed by atoms with van der Waals surface area (Å²) in [6.07, 6.45) is 1.49. The van der Waals surface area contributed by atoms with E-state index in [1.165, 1.54) is 13.3 Å². The summed E-state index contributed by atoms with van der Waals surface area (Å²) in [4.78, 5) is 23.7. The Morgan fingerprint density at radius 1 is 1.04 bits per heavy atom. The quantitative estimate of drug-likeness (QED) is 0.591. The second-order valence-corrected chi connectivity index (χ2v) is 4.98. The molecule has 2 amide bonds. The number of rotatable bonds is 7. The fourth-order valence-electron chi connectivity index (χ4n) is 1.97. The molecular weight excluding hydrogens is 322 g/mol. The monoisotopic (exact) mass is 341 g/mol. The van der Waals surface area contributed by atoms with Gasteiger partial charge in [0.05, 0.1) is 27.0 Å². The Labute approximate surface area is 145 Å². The summed E-state index contributed by atoms with van der Waals surface area (Å²) in [5.41, 5.74) is 3.54. The van der Waals surface area contributed by atoms with Crippen molar-refractivity contribution in [2.24, 2.45) is 5.10 Å². The Morgan fingerprint density at radius 2 is 1.72 bits per heavy atom. The Hall–Kier alpha value is -3.35. The Bertz CT molecular complexity index is 774. The number of ether oxygens (including phenoxy) is 2. The lowest BCUT2D eigenvalue weighted by Crippen LogP contribution is -2.34. The van der Waals surface area contributed by atoms with E-state index in [2.05, 4.69) is 15.8 Å². The number of nitrogens with zero attached hydrogens (tertiary/aromatic N) is 1. The van der Waals surface area contributed by atoms with Crippen LogP contribution in [-0.2, 0) is 4.79 Å². The molecule has 7 heteroatoms. The molecule has 0 bridgehead atoms. The van der Waals surface area contributed by atoms with Crippen molar-refractivity contribution in [3.05, 3.63) is 59.7 Å². The summed E-state index contributed by atoms with van der Waals surface area (Å²) < 4.78 is 10.2. The molecule has 0 aliphatic heterocycles. The Balaban J connectivity index is 1.81. The summed E-state index contributed by atoms with van der Waals surface area (Å²) in [7, 11) is 3.09. The summed E-state index contributed by atoms with van der Waals surface area (Å²) >= 11 is 0. The number of nitrogens with one attached hydrogen (secondary N) is 2. The van der Waals surface area contributed by atoms with Gasteiger partial charge in [-0.2, -0.15) is 5.10 Å². The molecule has 0 unspecified atom stereocenters. The van der Waals surface area contributed by atoms with Gasteiger partial charge in [-0.15, -0.1) is 0 Å². The summed E-state index contributed by atoms with van der Waals surface area (Å²) in [6, 6.07) is 13.9. The number of carbonyl (C=O) groups is 2. The van der Waals surface area contributed by atoms with Gasteiger partial charge in [-0.25, -0.2) is 5.43 Å². The third-order valence-corrected chi connectivity index (χ3v) is 3.24. The van der Waals surface area contributed by atoms with Crippen LogP contribution in [0.2, 0.25) is 0 Å². The zero-order chi connectivity index (χ0) is 18.1. The van der Waals surface area contributed by atoms with Crippen LogP contribution in [0.4, 0.5) is 0 Å². The van der Waals surface area contributed by atoms with E-state index >= 15 is 0 Å². The molecule has 7 nitrogen and oxygen atoms in total. The van der Waals surface area contributed by atoms with Crippen LogP contribution in [0.3, 0.4) is 0 Å². The third-order valence-electron chi connectivity index (χ3n) is 3.24. The minimum atomic E-state index is -0.435. The molecule has 0 fully saturated rings. The molecule has 0 spiro atoms. The molecule has 2 rings (SSSR count). The third kappa shape index (κ3) is 5.65. The van der Waals surface area contributed by atoms with Gasteiger partial charge >= 0.3 is 0 Å². The molecule has 0 atom stereocenters. The molecule has 130 valence electrons. The number of methoxy groups -OCH3 is 2. The van der Waals surface area contributed by atoms with Gasteiger partial charge in [-0.1, -0.05) is 18.2 Å². The van der Waals surface area contributed by atoms with E-state index in [-0.39, 0.29) is 12.5 Å². The van der Waals surface area contributed by atoms with Crippen molar-refractivity contribution in [1.29, 1.82) is 0 Å². The highest BCUT2D eigenvalue weighted by molar-refractivity contribution is 5.96. The molecule has 0 saturated heterocycles. The first kappa shape index (κ1) is 18.0. The number of carbonyl (C=O) groups excluding carboxylic acids is 2. The molecule has 2 N–H and O–H groups in total. The second-order valence-electron chi connectivity index (χ2n) is 4.98. The number of amides is 2. The first-order chi connectivity index (χ1) is 12.1. The average molecular weight is 341 g/mol. The van der Waals surface area contributed by atoms with Crippen molar-refractivity contribution >= 4 is 18.0 Å². The van der Waals surface area contributed by atoms with Gasteiger partial charge in [0.1, 0.15) is 11.5 Å². The van der Waals surface area contributed by atoms with E-state index in [1.54, 1.807) is 37.4 Å². The highest BCUT2D eigenvalue weighted by Crippen LogP contribution is 2.12. The van der Waals surface area contributed by atoms with E-state index in [0.717, 1.165) is 5.56 Å². The standard InChI is InChI=1S/C18H19N3O4/c1-24-15-7-3-5-13(9-15)11-20-21-17(22)12-19-18(23)14-6-4-8-16(10-14)25-2/h3-11H,12H2,1-2H3,(H,19,23)(H,21,22)/b20-11-. The van der Waals surface area contributed by atoms with E-state index in [9.17, 15) is 9.59 Å². The highest BCUT2D eigenvalue weighted by Gasteiger charge is 2.08. The molecule has 0 saturated carbocycles. The van der Waals surface area contributed by atoms with Crippen molar-refractivity contribution in [2.45, 2.75) is 0 Å². The molecule has 0 aliphatic rings. The predicted octanol–water partition coefficient (Wildman–Crippen LogP) is 1.58. The lowest BCUT2D eigenvalue weighted by atomic mass is 10.2. The number of benzene rings is 2.